The van der Waals surface area contributed by atoms with Gasteiger partial charge in [0.2, 0.25) is 0 Å². The van der Waals surface area contributed by atoms with Gasteiger partial charge in [-0.1, -0.05) is 53.8 Å². The lowest BCUT2D eigenvalue weighted by molar-refractivity contribution is 0.238. The molecule has 0 aliphatic heterocycles. The van der Waals surface area contributed by atoms with E-state index in [1.165, 1.54) is 0 Å². The van der Waals surface area contributed by atoms with Gasteiger partial charge in [-0.05, 0) is 29.8 Å². The molecule has 0 fully saturated rings. The van der Waals surface area contributed by atoms with Gasteiger partial charge in [0.05, 0.1) is 0 Å². The van der Waals surface area contributed by atoms with Gasteiger partial charge in [0.25, 0.3) is 0 Å². The van der Waals surface area contributed by atoms with Crippen LogP contribution in [0.2, 0.25) is 5.02 Å². The number of aliphatic hydroxyl groups excluding tert-OH is 1. The number of hydrogen-bond donors (Lipinski definition) is 1. The van der Waals surface area contributed by atoms with E-state index in [2.05, 4.69) is 11.8 Å². The largest absolute Gasteiger partial charge is 0.376 e. The summed E-state index contributed by atoms with van der Waals surface area (Å²) in [5, 5.41) is 10.5. The van der Waals surface area contributed by atoms with Crippen molar-refractivity contribution in [3.63, 3.8) is 0 Å². The molecule has 0 amide bonds. The smallest absolute Gasteiger partial charge is 0.140 e. The van der Waals surface area contributed by atoms with Crippen molar-refractivity contribution in [3.8, 4) is 11.8 Å². The Balaban J connectivity index is 2.14. The van der Waals surface area contributed by atoms with E-state index < -0.39 is 6.10 Å². The Hall–Kier alpha value is -1.75. The van der Waals surface area contributed by atoms with E-state index in [9.17, 15) is 5.11 Å². The molecule has 1 nitrogen and oxygen atoms in total. The van der Waals surface area contributed by atoms with Gasteiger partial charge in [-0.2, -0.15) is 0 Å². The Morgan fingerprint density at radius 1 is 0.941 bits per heavy atom. The van der Waals surface area contributed by atoms with Crippen LogP contribution in [0.1, 0.15) is 17.2 Å². The summed E-state index contributed by atoms with van der Waals surface area (Å²) in [4.78, 5) is 0. The second-order valence-electron chi connectivity index (χ2n) is 3.59. The third-order valence-corrected chi connectivity index (χ3v) is 2.56. The van der Waals surface area contributed by atoms with E-state index in [1.807, 2.05) is 42.5 Å². The normalized spacial score (nSPS) is 11.4. The van der Waals surface area contributed by atoms with Gasteiger partial charge in [0.15, 0.2) is 0 Å². The minimum absolute atomic E-state index is 0.680. The highest BCUT2D eigenvalue weighted by molar-refractivity contribution is 6.30. The van der Waals surface area contributed by atoms with E-state index in [0.29, 0.717) is 5.02 Å². The molecular weight excluding hydrogens is 232 g/mol. The highest BCUT2D eigenvalue weighted by atomic mass is 35.5. The average Bonchev–Trinajstić information content (AvgIpc) is 2.39. The minimum Gasteiger partial charge on any atom is -0.376 e. The van der Waals surface area contributed by atoms with E-state index in [-0.39, 0.29) is 0 Å². The molecule has 0 saturated carbocycles. The zero-order valence-corrected chi connectivity index (χ0v) is 9.85. The Labute approximate surface area is 106 Å². The third kappa shape index (κ3) is 3.35. The van der Waals surface area contributed by atoms with Crippen molar-refractivity contribution in [1.29, 1.82) is 0 Å². The maximum absolute atomic E-state index is 9.84. The average molecular weight is 243 g/mol. The molecule has 2 aromatic rings. The first kappa shape index (κ1) is 11.7. The van der Waals surface area contributed by atoms with Gasteiger partial charge >= 0.3 is 0 Å². The number of benzene rings is 2. The Kier molecular flexibility index (Phi) is 3.82. The van der Waals surface area contributed by atoms with Crippen LogP contribution in [0, 0.1) is 11.8 Å². The van der Waals surface area contributed by atoms with Crippen LogP contribution in [0.4, 0.5) is 0 Å². The lowest BCUT2D eigenvalue weighted by Gasteiger charge is -2.01. The summed E-state index contributed by atoms with van der Waals surface area (Å²) in [5.41, 5.74) is 1.64. The number of aliphatic hydroxyl groups is 1. The van der Waals surface area contributed by atoms with Crippen LogP contribution < -0.4 is 0 Å². The fraction of sp³-hybridized carbons (Fsp3) is 0.0667. The first-order valence-corrected chi connectivity index (χ1v) is 5.63. The Bertz CT molecular complexity index is 535. The topological polar surface area (TPSA) is 20.2 Å². The summed E-state index contributed by atoms with van der Waals surface area (Å²) in [6.07, 6.45) is -0.758. The van der Waals surface area contributed by atoms with E-state index in [1.54, 1.807) is 12.1 Å². The van der Waals surface area contributed by atoms with Gasteiger partial charge < -0.3 is 5.11 Å². The molecule has 1 atom stereocenters. The molecule has 0 aliphatic carbocycles. The zero-order valence-electron chi connectivity index (χ0n) is 9.10. The van der Waals surface area contributed by atoms with Crippen molar-refractivity contribution in [2.45, 2.75) is 6.10 Å². The molecule has 1 N–H and O–H groups in total. The predicted molar refractivity (Wildman–Crippen MR) is 69.7 cm³/mol. The summed E-state index contributed by atoms with van der Waals surface area (Å²) in [6.45, 7) is 0. The second-order valence-corrected chi connectivity index (χ2v) is 4.03. The van der Waals surface area contributed by atoms with Crippen molar-refractivity contribution in [2.75, 3.05) is 0 Å². The summed E-state index contributed by atoms with van der Waals surface area (Å²) < 4.78 is 0. The van der Waals surface area contributed by atoms with Crippen LogP contribution in [-0.2, 0) is 0 Å². The SMILES string of the molecule is O[C@H](C#Cc1ccc(Cl)cc1)c1ccccc1. The summed E-state index contributed by atoms with van der Waals surface area (Å²) in [5.74, 6) is 5.71. The lowest BCUT2D eigenvalue weighted by atomic mass is 10.1. The maximum atomic E-state index is 9.84. The highest BCUT2D eigenvalue weighted by Crippen LogP contribution is 2.12. The zero-order chi connectivity index (χ0) is 12.1. The first-order chi connectivity index (χ1) is 8.25. The van der Waals surface area contributed by atoms with Crippen LogP contribution >= 0.6 is 11.6 Å². The van der Waals surface area contributed by atoms with Gasteiger partial charge in [0, 0.05) is 10.6 Å². The van der Waals surface area contributed by atoms with Gasteiger partial charge in [-0.25, -0.2) is 0 Å². The molecule has 0 radical (unpaired) electrons. The fourth-order valence-corrected chi connectivity index (χ4v) is 1.53. The van der Waals surface area contributed by atoms with Crippen LogP contribution in [0.5, 0.6) is 0 Å². The molecule has 2 aromatic carbocycles. The van der Waals surface area contributed by atoms with Gasteiger partial charge in [0.1, 0.15) is 6.10 Å². The van der Waals surface area contributed by atoms with Crippen molar-refractivity contribution >= 4 is 11.6 Å². The predicted octanol–water partition coefficient (Wildman–Crippen LogP) is 3.43. The van der Waals surface area contributed by atoms with Crippen molar-refractivity contribution in [1.82, 2.24) is 0 Å². The molecule has 0 unspecified atom stereocenters. The van der Waals surface area contributed by atoms with E-state index in [0.717, 1.165) is 11.1 Å². The molecule has 0 bridgehead atoms. The molecule has 17 heavy (non-hydrogen) atoms. The molecule has 0 saturated heterocycles. The van der Waals surface area contributed by atoms with Crippen molar-refractivity contribution < 1.29 is 5.11 Å². The van der Waals surface area contributed by atoms with Crippen LogP contribution in [-0.4, -0.2) is 5.11 Å². The molecule has 0 aromatic heterocycles. The molecule has 84 valence electrons. The fourth-order valence-electron chi connectivity index (χ4n) is 1.40. The monoisotopic (exact) mass is 242 g/mol. The van der Waals surface area contributed by atoms with Gasteiger partial charge in [-0.3, -0.25) is 0 Å². The number of halogens is 1. The highest BCUT2D eigenvalue weighted by Gasteiger charge is 2.00. The molecule has 2 rings (SSSR count). The molecule has 0 aliphatic rings. The van der Waals surface area contributed by atoms with E-state index >= 15 is 0 Å². The lowest BCUT2D eigenvalue weighted by Crippen LogP contribution is -1.92. The maximum Gasteiger partial charge on any atom is 0.140 e. The third-order valence-electron chi connectivity index (χ3n) is 2.31. The van der Waals surface area contributed by atoms with Crippen molar-refractivity contribution in [3.05, 3.63) is 70.7 Å². The van der Waals surface area contributed by atoms with Crippen LogP contribution in [0.3, 0.4) is 0 Å². The summed E-state index contributed by atoms with van der Waals surface area (Å²) >= 11 is 5.77. The summed E-state index contributed by atoms with van der Waals surface area (Å²) in [7, 11) is 0. The minimum atomic E-state index is -0.758. The van der Waals surface area contributed by atoms with E-state index in [4.69, 9.17) is 11.6 Å². The second kappa shape index (κ2) is 5.54. The number of hydrogen-bond acceptors (Lipinski definition) is 1. The van der Waals surface area contributed by atoms with Gasteiger partial charge in [-0.15, -0.1) is 0 Å². The first-order valence-electron chi connectivity index (χ1n) is 5.26. The van der Waals surface area contributed by atoms with Crippen LogP contribution in [0.15, 0.2) is 54.6 Å². The standard InChI is InChI=1S/C15H11ClO/c16-14-9-6-12(7-10-14)8-11-15(17)13-4-2-1-3-5-13/h1-7,9-10,15,17H/t15-/m1/s1. The quantitative estimate of drug-likeness (QED) is 0.760. The van der Waals surface area contributed by atoms with Crippen LogP contribution in [0.25, 0.3) is 0 Å². The molecule has 0 spiro atoms. The molecule has 0 heterocycles. The Morgan fingerprint density at radius 2 is 1.59 bits per heavy atom. The summed E-state index contributed by atoms with van der Waals surface area (Å²) in [6, 6.07) is 16.6. The molecule has 2 heteroatoms. The molecular formula is C15H11ClO. The number of rotatable bonds is 1. The van der Waals surface area contributed by atoms with Crippen molar-refractivity contribution in [2.24, 2.45) is 0 Å². The Morgan fingerprint density at radius 3 is 2.24 bits per heavy atom.